The van der Waals surface area contributed by atoms with Gasteiger partial charge in [0.05, 0.1) is 67.5 Å². The maximum atomic E-state index is 12.6. The number of carboxylic acid groups (broad SMARTS) is 1. The minimum atomic E-state index is -1.69. The summed E-state index contributed by atoms with van der Waals surface area (Å²) in [5.74, 6) is -1.83. The lowest BCUT2D eigenvalue weighted by molar-refractivity contribution is -0.351. The lowest BCUT2D eigenvalue weighted by Gasteiger charge is -2.65. The highest BCUT2D eigenvalue weighted by molar-refractivity contribution is 5.85. The first kappa shape index (κ1) is 51.9. The van der Waals surface area contributed by atoms with E-state index >= 15 is 0 Å². The lowest BCUT2D eigenvalue weighted by Crippen LogP contribution is -2.67. The van der Waals surface area contributed by atoms with E-state index in [2.05, 4.69) is 6.92 Å². The highest BCUT2D eigenvalue weighted by Gasteiger charge is 2.71. The Bertz CT molecular complexity index is 1850. The summed E-state index contributed by atoms with van der Waals surface area (Å²) in [6, 6.07) is 0. The van der Waals surface area contributed by atoms with E-state index in [-0.39, 0.29) is 67.5 Å². The molecule has 20 heteroatoms. The largest absolute Gasteiger partial charge is 0.481 e. The Morgan fingerprint density at radius 3 is 1.93 bits per heavy atom. The van der Waals surface area contributed by atoms with Crippen molar-refractivity contribution in [3.05, 3.63) is 11.6 Å². The summed E-state index contributed by atoms with van der Waals surface area (Å²) < 4.78 is 54.5. The molecule has 0 aromatic rings. The van der Waals surface area contributed by atoms with Crippen LogP contribution in [0, 0.1) is 40.4 Å². The highest BCUT2D eigenvalue weighted by atomic mass is 16.8. The van der Waals surface area contributed by atoms with E-state index in [9.17, 15) is 55.5 Å². The number of aliphatic hydroxyl groups is 8. The van der Waals surface area contributed by atoms with Crippen LogP contribution in [0.15, 0.2) is 11.6 Å². The molecule has 26 unspecified atom stereocenters. The lowest BCUT2D eigenvalue weighted by atomic mass is 9.42. The average molecular weight is 985 g/mol. The van der Waals surface area contributed by atoms with Crippen LogP contribution in [-0.4, -0.2) is 187 Å². The van der Waals surface area contributed by atoms with Crippen LogP contribution in [0.4, 0.5) is 0 Å². The fourth-order valence-electron chi connectivity index (χ4n) is 14.9. The van der Waals surface area contributed by atoms with Gasteiger partial charge in [-0.15, -0.1) is 0 Å². The predicted molar refractivity (Wildman–Crippen MR) is 235 cm³/mol. The Kier molecular flexibility index (Phi) is 15.1. The fourth-order valence-corrected chi connectivity index (χ4v) is 14.9. The van der Waals surface area contributed by atoms with Gasteiger partial charge in [0.25, 0.3) is 0 Å². The van der Waals surface area contributed by atoms with Gasteiger partial charge in [0.1, 0.15) is 43.2 Å². The molecule has 0 spiro atoms. The smallest absolute Gasteiger partial charge is 0.331 e. The molecular weight excluding hydrogens is 909 g/mol. The van der Waals surface area contributed by atoms with Crippen molar-refractivity contribution >= 4 is 11.9 Å². The SMILES string of the molecule is CC1OC(OC2CCC3(C)C(CCC4C3CC(O)C3(C)C(C5=CC(=O)OC5)CCC43O)C2)CC(O)C1OC1CC(O)C(OC2CC(CC(=O)O)C(OC3OC(CO)C(O)C(O)C3O)C(C)O2)C(C)O1. The number of ether oxygens (including phenoxy) is 9. The number of esters is 1. The molecule has 69 heavy (non-hydrogen) atoms. The summed E-state index contributed by atoms with van der Waals surface area (Å²) in [7, 11) is 0. The van der Waals surface area contributed by atoms with Crippen LogP contribution in [0.5, 0.6) is 0 Å². The third-order valence-corrected chi connectivity index (χ3v) is 18.6. The van der Waals surface area contributed by atoms with Crippen molar-refractivity contribution in [3.63, 3.8) is 0 Å². The topological polar surface area (TPSA) is 299 Å². The molecule has 5 aliphatic heterocycles. The van der Waals surface area contributed by atoms with Crippen LogP contribution >= 0.6 is 0 Å². The number of carbonyl (C=O) groups is 2. The second-order valence-corrected chi connectivity index (χ2v) is 22.4. The van der Waals surface area contributed by atoms with Gasteiger partial charge in [-0.1, -0.05) is 13.8 Å². The Hall–Kier alpha value is -1.96. The summed E-state index contributed by atoms with van der Waals surface area (Å²) in [4.78, 5) is 24.0. The molecular formula is C49H76O20. The Morgan fingerprint density at radius 1 is 0.710 bits per heavy atom. The molecule has 0 bridgehead atoms. The number of carbonyl (C=O) groups excluding carboxylic acids is 1. The standard InChI is InChI=1S/C49H76O20/c1-21-43(69-46-42(59)41(58)40(57)33(19-50)66-46)24(12-35(54)55)14-37(62-21)67-44-23(3)64-39(18-32(44)52)68-45-22(2)63-38(17-31(45)51)65-27-8-10-47(4)26(15-27)6-7-29-30(47)16-34(53)48(5)28(9-11-49(29,48)60)25-13-36(56)61-20-25/h13,21-24,26-34,37-46,50-53,57-60H,6-12,14-20H2,1-5H3,(H,54,55). The summed E-state index contributed by atoms with van der Waals surface area (Å²) in [6.45, 7) is 9.04. The van der Waals surface area contributed by atoms with Gasteiger partial charge in [0, 0.05) is 36.7 Å². The van der Waals surface area contributed by atoms with E-state index in [4.69, 9.17) is 42.6 Å². The molecule has 392 valence electrons. The number of carboxylic acids is 1. The molecule has 4 aliphatic carbocycles. The van der Waals surface area contributed by atoms with Crippen molar-refractivity contribution in [1.82, 2.24) is 0 Å². The van der Waals surface area contributed by atoms with Gasteiger partial charge in [0.2, 0.25) is 0 Å². The van der Waals surface area contributed by atoms with E-state index < -0.39 is 134 Å². The molecule has 9 rings (SSSR count). The molecule has 0 amide bonds. The first-order valence-corrected chi connectivity index (χ1v) is 25.4. The Labute approximate surface area is 402 Å². The molecule has 0 aromatic carbocycles. The Morgan fingerprint density at radius 2 is 1.33 bits per heavy atom. The molecule has 20 nitrogen and oxygen atoms in total. The van der Waals surface area contributed by atoms with Gasteiger partial charge in [-0.05, 0) is 107 Å². The minimum absolute atomic E-state index is 0.0121. The van der Waals surface area contributed by atoms with Gasteiger partial charge in [-0.3, -0.25) is 4.79 Å². The van der Waals surface area contributed by atoms with Gasteiger partial charge < -0.3 is 88.6 Å². The second kappa shape index (κ2) is 20.0. The number of aliphatic carboxylic acids is 1. The van der Waals surface area contributed by atoms with Crippen LogP contribution in [0.1, 0.15) is 112 Å². The van der Waals surface area contributed by atoms with Gasteiger partial charge in [0.15, 0.2) is 25.2 Å². The zero-order valence-corrected chi connectivity index (χ0v) is 40.3. The van der Waals surface area contributed by atoms with Crippen LogP contribution < -0.4 is 0 Å². The van der Waals surface area contributed by atoms with Crippen molar-refractivity contribution < 1.29 is 98.2 Å². The molecule has 9 aliphatic rings. The van der Waals surface area contributed by atoms with Crippen LogP contribution in [0.2, 0.25) is 0 Å². The first-order chi connectivity index (χ1) is 32.6. The number of fused-ring (bicyclic) bond motifs is 5. The summed E-state index contributed by atoms with van der Waals surface area (Å²) in [6.07, 6.45) is -10.5. The molecule has 5 heterocycles. The normalized spacial score (nSPS) is 53.4. The van der Waals surface area contributed by atoms with Crippen molar-refractivity contribution in [2.75, 3.05) is 13.2 Å². The maximum absolute atomic E-state index is 12.6. The van der Waals surface area contributed by atoms with Gasteiger partial charge in [-0.2, -0.15) is 0 Å². The van der Waals surface area contributed by atoms with Crippen molar-refractivity contribution in [2.24, 2.45) is 40.4 Å². The molecule has 26 atom stereocenters. The van der Waals surface area contributed by atoms with Gasteiger partial charge in [-0.25, -0.2) is 4.79 Å². The summed E-state index contributed by atoms with van der Waals surface area (Å²) in [5.41, 5.74) is -1.03. The third kappa shape index (κ3) is 9.48. The summed E-state index contributed by atoms with van der Waals surface area (Å²) in [5, 5.41) is 97.8. The Balaban J connectivity index is 0.752. The number of aliphatic hydroxyl groups excluding tert-OH is 7. The summed E-state index contributed by atoms with van der Waals surface area (Å²) >= 11 is 0. The number of cyclic esters (lactones) is 1. The predicted octanol–water partition coefficient (Wildman–Crippen LogP) is 0.772. The zero-order valence-electron chi connectivity index (χ0n) is 40.3. The molecule has 4 saturated heterocycles. The minimum Gasteiger partial charge on any atom is -0.481 e. The van der Waals surface area contributed by atoms with Crippen molar-refractivity contribution in [2.45, 2.75) is 228 Å². The quantitative estimate of drug-likeness (QED) is 0.0964. The van der Waals surface area contributed by atoms with E-state index in [1.165, 1.54) is 0 Å². The van der Waals surface area contributed by atoms with Crippen LogP contribution in [-0.2, 0) is 52.2 Å². The van der Waals surface area contributed by atoms with Crippen molar-refractivity contribution in [3.8, 4) is 0 Å². The number of hydrogen-bond donors (Lipinski definition) is 9. The van der Waals surface area contributed by atoms with E-state index in [0.717, 1.165) is 37.7 Å². The molecule has 9 N–H and O–H groups in total. The molecule has 8 fully saturated rings. The maximum Gasteiger partial charge on any atom is 0.331 e. The fraction of sp³-hybridized carbons (Fsp3) is 0.918. The third-order valence-electron chi connectivity index (χ3n) is 18.6. The van der Waals surface area contributed by atoms with Crippen LogP contribution in [0.25, 0.3) is 0 Å². The van der Waals surface area contributed by atoms with Crippen LogP contribution in [0.3, 0.4) is 0 Å². The zero-order chi connectivity index (χ0) is 49.5. The molecule has 0 radical (unpaired) electrons. The number of hydrogen-bond acceptors (Lipinski definition) is 19. The van der Waals surface area contributed by atoms with Crippen molar-refractivity contribution in [1.29, 1.82) is 0 Å². The first-order valence-electron chi connectivity index (χ1n) is 25.4. The highest BCUT2D eigenvalue weighted by Crippen LogP contribution is 2.70. The van der Waals surface area contributed by atoms with Gasteiger partial charge >= 0.3 is 11.9 Å². The molecule has 4 saturated carbocycles. The molecule has 0 aromatic heterocycles. The van der Waals surface area contributed by atoms with E-state index in [1.54, 1.807) is 26.8 Å². The second-order valence-electron chi connectivity index (χ2n) is 22.4. The monoisotopic (exact) mass is 984 g/mol. The van der Waals surface area contributed by atoms with E-state index in [0.29, 0.717) is 25.2 Å². The average Bonchev–Trinajstić information content (AvgIpc) is 3.84. The number of rotatable bonds is 12. The van der Waals surface area contributed by atoms with E-state index in [1.807, 2.05) is 6.92 Å².